The van der Waals surface area contributed by atoms with Crippen LogP contribution < -0.4 is 11.2 Å². The molecule has 0 aliphatic heterocycles. The average Bonchev–Trinajstić information content (AvgIpc) is 2.95. The van der Waals surface area contributed by atoms with Gasteiger partial charge < -0.3 is 9.40 Å². The maximum Gasteiger partial charge on any atom is 0.330 e. The number of hydrogen-bond donors (Lipinski definition) is 2. The molecule has 0 aliphatic carbocycles. The van der Waals surface area contributed by atoms with Gasteiger partial charge in [-0.25, -0.2) is 9.78 Å². The monoisotopic (exact) mass is 280 g/mol. The van der Waals surface area contributed by atoms with Gasteiger partial charge >= 0.3 is 5.69 Å². The predicted octanol–water partition coefficient (Wildman–Crippen LogP) is 1.35. The standard InChI is InChI=1S/C11H9ClN4O3/c1-2-16-9-6(10(17)15-11(16)18)13-8(14-9)5-3-4-19-7(5)12/h3-4H,2H2,1H3,(H,13,14)(H,15,17,18). The number of furan rings is 1. The zero-order valence-corrected chi connectivity index (χ0v) is 10.6. The zero-order chi connectivity index (χ0) is 13.6. The van der Waals surface area contributed by atoms with Gasteiger partial charge in [0.2, 0.25) is 5.22 Å². The molecule has 0 saturated carbocycles. The second-order valence-electron chi connectivity index (χ2n) is 3.90. The molecule has 3 aromatic rings. The Labute approximate surface area is 110 Å². The van der Waals surface area contributed by atoms with Gasteiger partial charge in [-0.1, -0.05) is 0 Å². The Morgan fingerprint density at radius 3 is 2.84 bits per heavy atom. The largest absolute Gasteiger partial charge is 0.452 e. The molecule has 7 nitrogen and oxygen atoms in total. The Morgan fingerprint density at radius 1 is 1.42 bits per heavy atom. The third-order valence-corrected chi connectivity index (χ3v) is 3.12. The first-order valence-electron chi connectivity index (χ1n) is 5.58. The van der Waals surface area contributed by atoms with Crippen LogP contribution in [0.2, 0.25) is 5.22 Å². The van der Waals surface area contributed by atoms with Crippen molar-refractivity contribution in [1.29, 1.82) is 0 Å². The molecule has 0 aliphatic rings. The van der Waals surface area contributed by atoms with Gasteiger partial charge in [0.15, 0.2) is 5.65 Å². The molecule has 19 heavy (non-hydrogen) atoms. The first-order chi connectivity index (χ1) is 9.11. The topological polar surface area (TPSA) is 96.7 Å². The molecule has 3 aromatic heterocycles. The zero-order valence-electron chi connectivity index (χ0n) is 9.86. The highest BCUT2D eigenvalue weighted by Crippen LogP contribution is 2.27. The molecule has 0 atom stereocenters. The molecule has 2 N–H and O–H groups in total. The van der Waals surface area contributed by atoms with Gasteiger partial charge in [-0.2, -0.15) is 0 Å². The van der Waals surface area contributed by atoms with Gasteiger partial charge in [-0.05, 0) is 24.6 Å². The summed E-state index contributed by atoms with van der Waals surface area (Å²) in [7, 11) is 0. The van der Waals surface area contributed by atoms with E-state index < -0.39 is 11.2 Å². The van der Waals surface area contributed by atoms with Crippen LogP contribution in [0.4, 0.5) is 0 Å². The number of aromatic amines is 2. The van der Waals surface area contributed by atoms with Gasteiger partial charge in [0.05, 0.1) is 11.8 Å². The summed E-state index contributed by atoms with van der Waals surface area (Å²) in [4.78, 5) is 32.7. The first kappa shape index (κ1) is 11.8. The summed E-state index contributed by atoms with van der Waals surface area (Å²) < 4.78 is 6.34. The fraction of sp³-hybridized carbons (Fsp3) is 0.182. The lowest BCUT2D eigenvalue weighted by molar-refractivity contribution is 0.570. The SMILES string of the molecule is CCn1c(=O)[nH]c(=O)c2[nH]c(-c3ccoc3Cl)nc21. The first-order valence-corrected chi connectivity index (χ1v) is 5.95. The summed E-state index contributed by atoms with van der Waals surface area (Å²) in [6.07, 6.45) is 1.42. The van der Waals surface area contributed by atoms with Crippen LogP contribution in [0, 0.1) is 0 Å². The number of fused-ring (bicyclic) bond motifs is 1. The van der Waals surface area contributed by atoms with Crippen molar-refractivity contribution in [3.05, 3.63) is 38.4 Å². The number of aromatic nitrogens is 4. The van der Waals surface area contributed by atoms with E-state index in [9.17, 15) is 9.59 Å². The van der Waals surface area contributed by atoms with Crippen LogP contribution in [0.1, 0.15) is 6.92 Å². The smallest absolute Gasteiger partial charge is 0.330 e. The van der Waals surface area contributed by atoms with Crippen molar-refractivity contribution in [2.75, 3.05) is 0 Å². The maximum atomic E-state index is 11.7. The van der Waals surface area contributed by atoms with Gasteiger partial charge in [0.25, 0.3) is 5.56 Å². The maximum absolute atomic E-state index is 11.7. The number of hydrogen-bond acceptors (Lipinski definition) is 4. The molecule has 8 heteroatoms. The van der Waals surface area contributed by atoms with Gasteiger partial charge in [0, 0.05) is 6.54 Å². The van der Waals surface area contributed by atoms with Crippen molar-refractivity contribution in [2.24, 2.45) is 0 Å². The molecule has 3 heterocycles. The van der Waals surface area contributed by atoms with Crippen molar-refractivity contribution >= 4 is 22.8 Å². The van der Waals surface area contributed by atoms with Gasteiger partial charge in [-0.3, -0.25) is 14.3 Å². The Balaban J connectivity index is 2.38. The van der Waals surface area contributed by atoms with Crippen LogP contribution >= 0.6 is 11.6 Å². The quantitative estimate of drug-likeness (QED) is 0.740. The van der Waals surface area contributed by atoms with Crippen molar-refractivity contribution in [2.45, 2.75) is 13.5 Å². The lowest BCUT2D eigenvalue weighted by atomic mass is 10.3. The van der Waals surface area contributed by atoms with E-state index >= 15 is 0 Å². The molecule has 0 fully saturated rings. The van der Waals surface area contributed by atoms with E-state index in [4.69, 9.17) is 16.0 Å². The number of nitrogens with zero attached hydrogens (tertiary/aromatic N) is 2. The van der Waals surface area contributed by atoms with E-state index in [1.807, 2.05) is 0 Å². The minimum Gasteiger partial charge on any atom is -0.452 e. The molecule has 0 saturated heterocycles. The number of aryl methyl sites for hydroxylation is 1. The van der Waals surface area contributed by atoms with Crippen molar-refractivity contribution in [1.82, 2.24) is 19.5 Å². The summed E-state index contributed by atoms with van der Waals surface area (Å²) in [5.74, 6) is 0.382. The molecule has 0 spiro atoms. The number of H-pyrrole nitrogens is 2. The van der Waals surface area contributed by atoms with E-state index in [0.29, 0.717) is 23.6 Å². The third-order valence-electron chi connectivity index (χ3n) is 2.82. The molecule has 0 radical (unpaired) electrons. The van der Waals surface area contributed by atoms with E-state index in [2.05, 4.69) is 15.0 Å². The van der Waals surface area contributed by atoms with Crippen molar-refractivity contribution in [3.8, 4) is 11.4 Å². The minimum absolute atomic E-state index is 0.167. The van der Waals surface area contributed by atoms with Crippen LogP contribution in [-0.4, -0.2) is 19.5 Å². The summed E-state index contributed by atoms with van der Waals surface area (Å²) in [6.45, 7) is 2.19. The summed E-state index contributed by atoms with van der Waals surface area (Å²) in [6, 6.07) is 1.63. The van der Waals surface area contributed by atoms with Crippen LogP contribution in [0.3, 0.4) is 0 Å². The van der Waals surface area contributed by atoms with Gasteiger partial charge in [-0.15, -0.1) is 0 Å². The lowest BCUT2D eigenvalue weighted by Gasteiger charge is -1.99. The number of halogens is 1. The molecule has 0 bridgehead atoms. The highest BCUT2D eigenvalue weighted by molar-refractivity contribution is 6.31. The molecular weight excluding hydrogens is 272 g/mol. The summed E-state index contributed by atoms with van der Waals surface area (Å²) in [5.41, 5.74) is 0.0593. The molecule has 0 aromatic carbocycles. The summed E-state index contributed by atoms with van der Waals surface area (Å²) in [5, 5.41) is 0.167. The van der Waals surface area contributed by atoms with Crippen molar-refractivity contribution < 1.29 is 4.42 Å². The molecule has 3 rings (SSSR count). The number of rotatable bonds is 2. The van der Waals surface area contributed by atoms with Crippen LogP contribution in [0.15, 0.2) is 26.3 Å². The van der Waals surface area contributed by atoms with Gasteiger partial charge in [0.1, 0.15) is 11.3 Å². The predicted molar refractivity (Wildman–Crippen MR) is 69.4 cm³/mol. The normalized spacial score (nSPS) is 11.3. The number of nitrogens with one attached hydrogen (secondary N) is 2. The Bertz CT molecular complexity index is 870. The second kappa shape index (κ2) is 4.13. The Hall–Kier alpha value is -2.28. The highest BCUT2D eigenvalue weighted by atomic mass is 35.5. The highest BCUT2D eigenvalue weighted by Gasteiger charge is 2.15. The minimum atomic E-state index is -0.511. The molecule has 98 valence electrons. The molecular formula is C11H9ClN4O3. The van der Waals surface area contributed by atoms with Crippen molar-refractivity contribution in [3.63, 3.8) is 0 Å². The molecule has 0 amide bonds. The molecule has 0 unspecified atom stereocenters. The van der Waals surface area contributed by atoms with Crippen LogP contribution in [0.25, 0.3) is 22.6 Å². The van der Waals surface area contributed by atoms with Crippen LogP contribution in [-0.2, 0) is 6.54 Å². The Morgan fingerprint density at radius 2 is 2.21 bits per heavy atom. The third kappa shape index (κ3) is 1.70. The second-order valence-corrected chi connectivity index (χ2v) is 4.24. The van der Waals surface area contributed by atoms with E-state index in [0.717, 1.165) is 0 Å². The van der Waals surface area contributed by atoms with E-state index in [1.165, 1.54) is 10.8 Å². The fourth-order valence-corrected chi connectivity index (χ4v) is 2.13. The Kier molecular flexibility index (Phi) is 2.56. The fourth-order valence-electron chi connectivity index (χ4n) is 1.92. The average molecular weight is 281 g/mol. The summed E-state index contributed by atoms with van der Waals surface area (Å²) >= 11 is 5.87. The lowest BCUT2D eigenvalue weighted by Crippen LogP contribution is -2.29. The van der Waals surface area contributed by atoms with Crippen LogP contribution in [0.5, 0.6) is 0 Å². The van der Waals surface area contributed by atoms with E-state index in [-0.39, 0.29) is 10.7 Å². The van der Waals surface area contributed by atoms with E-state index in [1.54, 1.807) is 13.0 Å². The number of imidazole rings is 1.